The zero-order valence-electron chi connectivity index (χ0n) is 17.5. The molecule has 3 heteroatoms. The molecule has 4 aromatic rings. The molecular weight excluding hydrogens is 356 g/mol. The largest absolute Gasteiger partial charge is 0.488 e. The van der Waals surface area contributed by atoms with Crippen LogP contribution in [0.25, 0.3) is 22.2 Å². The number of ether oxygens (including phenoxy) is 1. The summed E-state index contributed by atoms with van der Waals surface area (Å²) in [5.41, 5.74) is 6.81. The number of hydrogen-bond donors (Lipinski definition) is 0. The third-order valence-corrected chi connectivity index (χ3v) is 5.22. The minimum absolute atomic E-state index is 0.125. The predicted molar refractivity (Wildman–Crippen MR) is 118 cm³/mol. The van der Waals surface area contributed by atoms with Gasteiger partial charge in [-0.3, -0.25) is 0 Å². The lowest BCUT2D eigenvalue weighted by Gasteiger charge is -2.20. The maximum atomic E-state index is 6.23. The fourth-order valence-electron chi connectivity index (χ4n) is 3.49. The molecule has 146 valence electrons. The summed E-state index contributed by atoms with van der Waals surface area (Å²) in [5, 5.41) is 0.983. The van der Waals surface area contributed by atoms with Crippen LogP contribution >= 0.6 is 0 Å². The molecular formula is C26H27N2O+. The Labute approximate surface area is 172 Å². The molecule has 2 aromatic carbocycles. The highest BCUT2D eigenvalue weighted by molar-refractivity contribution is 5.87. The van der Waals surface area contributed by atoms with Crippen LogP contribution in [0.15, 0.2) is 73.1 Å². The van der Waals surface area contributed by atoms with E-state index in [1.165, 1.54) is 11.1 Å². The van der Waals surface area contributed by atoms with Crippen molar-refractivity contribution in [3.8, 4) is 17.0 Å². The molecule has 0 aliphatic carbocycles. The first-order chi connectivity index (χ1) is 13.9. The third kappa shape index (κ3) is 4.14. The summed E-state index contributed by atoms with van der Waals surface area (Å²) in [4.78, 5) is 8.06. The van der Waals surface area contributed by atoms with Gasteiger partial charge in [0.1, 0.15) is 17.7 Å². The van der Waals surface area contributed by atoms with Crippen molar-refractivity contribution in [2.75, 3.05) is 0 Å². The summed E-state index contributed by atoms with van der Waals surface area (Å²) < 4.78 is 6.23. The predicted octanol–water partition coefficient (Wildman–Crippen LogP) is 5.90. The average molecular weight is 384 g/mol. The van der Waals surface area contributed by atoms with Gasteiger partial charge in [0.2, 0.25) is 0 Å². The molecule has 0 fully saturated rings. The van der Waals surface area contributed by atoms with Crippen molar-refractivity contribution in [2.24, 2.45) is 0 Å². The van der Waals surface area contributed by atoms with Crippen LogP contribution in [0.4, 0.5) is 0 Å². The molecule has 0 amide bonds. The first-order valence-corrected chi connectivity index (χ1v) is 10.0. The Morgan fingerprint density at radius 1 is 0.966 bits per heavy atom. The number of H-pyrrole nitrogens is 1. The van der Waals surface area contributed by atoms with Crippen molar-refractivity contribution in [2.45, 2.75) is 39.7 Å². The highest BCUT2D eigenvalue weighted by Gasteiger charge is 2.17. The quantitative estimate of drug-likeness (QED) is 0.440. The Balaban J connectivity index is 1.76. The lowest BCUT2D eigenvalue weighted by atomic mass is 9.85. The Kier molecular flexibility index (Phi) is 5.06. The van der Waals surface area contributed by atoms with Crippen LogP contribution in [0.1, 0.15) is 37.5 Å². The number of pyridine rings is 2. The van der Waals surface area contributed by atoms with Gasteiger partial charge in [-0.25, -0.2) is 9.97 Å². The van der Waals surface area contributed by atoms with Crippen LogP contribution in [0.5, 0.6) is 5.75 Å². The van der Waals surface area contributed by atoms with Crippen LogP contribution in [-0.2, 0) is 12.0 Å². The first-order valence-electron chi connectivity index (χ1n) is 10.0. The molecule has 0 aliphatic heterocycles. The van der Waals surface area contributed by atoms with Gasteiger partial charge >= 0.3 is 0 Å². The molecule has 0 radical (unpaired) electrons. The maximum absolute atomic E-state index is 6.23. The van der Waals surface area contributed by atoms with Gasteiger partial charge < -0.3 is 4.74 Å². The normalized spacial score (nSPS) is 11.6. The summed E-state index contributed by atoms with van der Waals surface area (Å²) in [5.74, 6) is 0.838. The molecule has 0 aliphatic rings. The van der Waals surface area contributed by atoms with E-state index < -0.39 is 0 Å². The van der Waals surface area contributed by atoms with Crippen molar-refractivity contribution >= 4 is 10.9 Å². The summed E-state index contributed by atoms with van der Waals surface area (Å²) >= 11 is 0. The highest BCUT2D eigenvalue weighted by Crippen LogP contribution is 2.33. The van der Waals surface area contributed by atoms with Gasteiger partial charge in [-0.1, -0.05) is 69.3 Å². The van der Waals surface area contributed by atoms with Crippen LogP contribution in [-0.4, -0.2) is 4.98 Å². The topological polar surface area (TPSA) is 36.3 Å². The highest BCUT2D eigenvalue weighted by atomic mass is 16.5. The Hall–Kier alpha value is -3.20. The van der Waals surface area contributed by atoms with Crippen molar-refractivity contribution in [1.82, 2.24) is 4.98 Å². The van der Waals surface area contributed by atoms with Crippen molar-refractivity contribution in [3.05, 3.63) is 89.7 Å². The molecule has 0 spiro atoms. The van der Waals surface area contributed by atoms with Gasteiger partial charge in [-0.2, -0.15) is 0 Å². The number of benzene rings is 2. The molecule has 2 heterocycles. The number of nitrogens with one attached hydrogen (secondary N) is 1. The lowest BCUT2D eigenvalue weighted by Crippen LogP contribution is -2.11. The van der Waals surface area contributed by atoms with E-state index in [1.807, 2.05) is 36.7 Å². The van der Waals surface area contributed by atoms with E-state index >= 15 is 0 Å². The van der Waals surface area contributed by atoms with E-state index in [2.05, 4.69) is 69.1 Å². The second-order valence-corrected chi connectivity index (χ2v) is 8.50. The molecule has 2 aromatic heterocycles. The van der Waals surface area contributed by atoms with Crippen LogP contribution in [0.2, 0.25) is 0 Å². The summed E-state index contributed by atoms with van der Waals surface area (Å²) in [6.07, 6.45) is 3.84. The average Bonchev–Trinajstić information content (AvgIpc) is 2.72. The molecule has 0 bridgehead atoms. The van der Waals surface area contributed by atoms with Crippen molar-refractivity contribution in [3.63, 3.8) is 0 Å². The number of nitrogens with zero attached hydrogens (tertiary/aromatic N) is 1. The second-order valence-electron chi connectivity index (χ2n) is 8.50. The molecule has 1 N–H and O–H groups in total. The smallest absolute Gasteiger partial charge is 0.180 e. The van der Waals surface area contributed by atoms with Crippen LogP contribution in [0.3, 0.4) is 0 Å². The van der Waals surface area contributed by atoms with Gasteiger partial charge in [0.15, 0.2) is 12.4 Å². The number of aromatic amines is 1. The van der Waals surface area contributed by atoms with Gasteiger partial charge in [-0.05, 0) is 29.0 Å². The fraction of sp³-hybridized carbons (Fsp3) is 0.231. The summed E-state index contributed by atoms with van der Waals surface area (Å²) in [7, 11) is 0. The molecule has 0 saturated heterocycles. The first kappa shape index (κ1) is 19.1. The second kappa shape index (κ2) is 7.67. The SMILES string of the molecule is Cc1cc(C(C)(C)C)ccc1-c1cc(OCc2ccccc2)c2c[nH+]ccc2n1. The lowest BCUT2D eigenvalue weighted by molar-refractivity contribution is -0.375. The number of aryl methyl sites for hydroxylation is 1. The fourth-order valence-corrected chi connectivity index (χ4v) is 3.49. The summed E-state index contributed by atoms with van der Waals surface area (Å²) in [6, 6.07) is 20.9. The van der Waals surface area contributed by atoms with E-state index in [0.717, 1.165) is 33.5 Å². The molecule has 0 atom stereocenters. The number of hydrogen-bond acceptors (Lipinski definition) is 2. The zero-order chi connectivity index (χ0) is 20.4. The zero-order valence-corrected chi connectivity index (χ0v) is 17.5. The Morgan fingerprint density at radius 3 is 2.48 bits per heavy atom. The molecule has 0 saturated carbocycles. The molecule has 29 heavy (non-hydrogen) atoms. The number of fused-ring (bicyclic) bond motifs is 1. The van der Waals surface area contributed by atoms with Gasteiger partial charge in [-0.15, -0.1) is 0 Å². The monoisotopic (exact) mass is 383 g/mol. The summed E-state index contributed by atoms with van der Waals surface area (Å²) in [6.45, 7) is 9.39. The number of rotatable bonds is 4. The third-order valence-electron chi connectivity index (χ3n) is 5.22. The van der Waals surface area contributed by atoms with Gasteiger partial charge in [0.05, 0.1) is 11.2 Å². The molecule has 0 unspecified atom stereocenters. The van der Waals surface area contributed by atoms with Gasteiger partial charge in [0, 0.05) is 17.7 Å². The van der Waals surface area contributed by atoms with E-state index in [4.69, 9.17) is 9.72 Å². The minimum Gasteiger partial charge on any atom is -0.488 e. The van der Waals surface area contributed by atoms with Crippen molar-refractivity contribution in [1.29, 1.82) is 0 Å². The maximum Gasteiger partial charge on any atom is 0.180 e. The van der Waals surface area contributed by atoms with E-state index in [1.54, 1.807) is 0 Å². The molecule has 3 nitrogen and oxygen atoms in total. The molecule has 4 rings (SSSR count). The van der Waals surface area contributed by atoms with Gasteiger partial charge in [0.25, 0.3) is 0 Å². The van der Waals surface area contributed by atoms with Crippen LogP contribution in [0, 0.1) is 6.92 Å². The Bertz CT molecular complexity index is 1140. The van der Waals surface area contributed by atoms with Crippen LogP contribution < -0.4 is 9.72 Å². The minimum atomic E-state index is 0.125. The van der Waals surface area contributed by atoms with Crippen molar-refractivity contribution < 1.29 is 9.72 Å². The number of aromatic nitrogens is 2. The van der Waals surface area contributed by atoms with E-state index in [9.17, 15) is 0 Å². The standard InChI is InChI=1S/C26H26N2O/c1-18-14-20(26(2,3)4)10-11-21(18)24-15-25(22-16-27-13-12-23(22)28-24)29-17-19-8-6-5-7-9-19/h5-16H,17H2,1-4H3/p+1. The van der Waals surface area contributed by atoms with E-state index in [-0.39, 0.29) is 5.41 Å². The van der Waals surface area contributed by atoms with E-state index in [0.29, 0.717) is 6.61 Å². The Morgan fingerprint density at radius 2 is 1.76 bits per heavy atom.